The molecule has 2 saturated heterocycles. The van der Waals surface area contributed by atoms with Gasteiger partial charge in [-0.05, 0) is 31.3 Å². The molecule has 0 bridgehead atoms. The normalized spacial score (nSPS) is 34.5. The van der Waals surface area contributed by atoms with E-state index in [9.17, 15) is 14.9 Å². The Balaban J connectivity index is 1.83. The van der Waals surface area contributed by atoms with Gasteiger partial charge in [-0.1, -0.05) is 6.07 Å². The van der Waals surface area contributed by atoms with Crippen molar-refractivity contribution in [3.63, 3.8) is 0 Å². The number of benzene rings is 1. The predicted octanol–water partition coefficient (Wildman–Crippen LogP) is 2.42. The van der Waals surface area contributed by atoms with Gasteiger partial charge in [-0.3, -0.25) is 9.59 Å². The summed E-state index contributed by atoms with van der Waals surface area (Å²) in [5.74, 6) is 1.08. The average Bonchev–Trinajstić information content (AvgIpc) is 2.94. The van der Waals surface area contributed by atoms with Crippen molar-refractivity contribution in [3.8, 4) is 17.6 Å². The van der Waals surface area contributed by atoms with Crippen LogP contribution in [-0.2, 0) is 4.79 Å². The molecule has 0 aliphatic carbocycles. The molecule has 8 heteroatoms. The third kappa shape index (κ3) is 1.97. The monoisotopic (exact) mass is 373 g/mol. The number of fused-ring (bicyclic) bond motifs is 2. The van der Waals surface area contributed by atoms with Crippen LogP contribution in [-0.4, -0.2) is 48.7 Å². The Bertz CT molecular complexity index is 853. The van der Waals surface area contributed by atoms with Crippen LogP contribution in [0.1, 0.15) is 24.9 Å². The van der Waals surface area contributed by atoms with Crippen LogP contribution >= 0.6 is 7.92 Å². The molecular formula is C18H20N3O4P. The predicted molar refractivity (Wildman–Crippen MR) is 95.4 cm³/mol. The number of nitrogens with zero attached hydrogens (tertiary/aromatic N) is 2. The topological polar surface area (TPSA) is 91.7 Å². The summed E-state index contributed by atoms with van der Waals surface area (Å²) in [6, 6.07) is 7.38. The summed E-state index contributed by atoms with van der Waals surface area (Å²) in [5.41, 5.74) is -0.109. The van der Waals surface area contributed by atoms with Gasteiger partial charge in [-0.15, -0.1) is 0 Å². The van der Waals surface area contributed by atoms with Crippen LogP contribution < -0.4 is 14.8 Å². The number of carbonyl (C=O) groups excluding carboxylic acids is 2. The first kappa shape index (κ1) is 17.1. The van der Waals surface area contributed by atoms with Gasteiger partial charge in [0.1, 0.15) is 13.2 Å². The molecule has 4 rings (SSSR count). The SMILES string of the molecule is CNC(=O)C12CC(C)(C#N)C(c3ccc4c(c3)OCCO4)N1C(=O)P2C. The molecule has 4 atom stereocenters. The van der Waals surface area contributed by atoms with Gasteiger partial charge >= 0.3 is 0 Å². The maximum absolute atomic E-state index is 12.8. The molecule has 1 N–H and O–H groups in total. The molecule has 0 aromatic heterocycles. The van der Waals surface area contributed by atoms with Crippen LogP contribution in [0.5, 0.6) is 11.5 Å². The quantitative estimate of drug-likeness (QED) is 0.804. The second-order valence-corrected chi connectivity index (χ2v) is 9.36. The number of ether oxygens (including phenoxy) is 2. The molecule has 2 amide bonds. The standard InChI is InChI=1S/C18H20N3O4P/c1-17(10-19)9-18(15(22)20-2)21(16(23)26(18)3)14(17)11-4-5-12-13(8-11)25-7-6-24-12/h4-5,8,14H,6-7,9H2,1-3H3,(H,20,22). The summed E-state index contributed by atoms with van der Waals surface area (Å²) < 4.78 is 11.2. The van der Waals surface area contributed by atoms with Gasteiger partial charge in [-0.2, -0.15) is 5.26 Å². The minimum Gasteiger partial charge on any atom is -0.486 e. The van der Waals surface area contributed by atoms with Crippen molar-refractivity contribution in [1.29, 1.82) is 5.26 Å². The Morgan fingerprint density at radius 3 is 2.73 bits per heavy atom. The van der Waals surface area contributed by atoms with E-state index in [2.05, 4.69) is 11.4 Å². The van der Waals surface area contributed by atoms with E-state index in [4.69, 9.17) is 9.47 Å². The molecule has 3 heterocycles. The Hall–Kier alpha value is -2.32. The molecular weight excluding hydrogens is 353 g/mol. The minimum atomic E-state index is -1.17. The second kappa shape index (κ2) is 5.59. The molecule has 0 radical (unpaired) electrons. The van der Waals surface area contributed by atoms with Gasteiger partial charge in [0.05, 0.1) is 17.5 Å². The van der Waals surface area contributed by atoms with Crippen molar-refractivity contribution in [1.82, 2.24) is 10.2 Å². The van der Waals surface area contributed by atoms with Crippen molar-refractivity contribution in [2.45, 2.75) is 24.7 Å². The van der Waals surface area contributed by atoms with Gasteiger partial charge < -0.3 is 19.7 Å². The molecule has 0 spiro atoms. The Kier molecular flexibility index (Phi) is 3.68. The Labute approximate surface area is 153 Å². The summed E-state index contributed by atoms with van der Waals surface area (Å²) in [6.45, 7) is 4.61. The lowest BCUT2D eigenvalue weighted by molar-refractivity contribution is -0.126. The smallest absolute Gasteiger partial charge is 0.250 e. The van der Waals surface area contributed by atoms with Crippen LogP contribution in [0.25, 0.3) is 0 Å². The molecule has 4 unspecified atom stereocenters. The number of likely N-dealkylation sites (N-methyl/N-ethyl adjacent to an activating group) is 1. The maximum atomic E-state index is 12.8. The molecule has 2 fully saturated rings. The zero-order valence-corrected chi connectivity index (χ0v) is 15.8. The van der Waals surface area contributed by atoms with Crippen LogP contribution in [0.4, 0.5) is 4.79 Å². The lowest BCUT2D eigenvalue weighted by Crippen LogP contribution is -2.63. The molecule has 26 heavy (non-hydrogen) atoms. The van der Waals surface area contributed by atoms with Crippen LogP contribution in [0.2, 0.25) is 0 Å². The first-order valence-electron chi connectivity index (χ1n) is 8.49. The van der Waals surface area contributed by atoms with E-state index in [1.165, 1.54) is 0 Å². The first-order chi connectivity index (χ1) is 12.4. The van der Waals surface area contributed by atoms with E-state index < -0.39 is 24.7 Å². The number of carbonyl (C=O) groups is 2. The molecule has 3 aliphatic rings. The number of amides is 2. The van der Waals surface area contributed by atoms with Crippen molar-refractivity contribution in [2.24, 2.45) is 5.41 Å². The van der Waals surface area contributed by atoms with Crippen LogP contribution in [0.15, 0.2) is 18.2 Å². The van der Waals surface area contributed by atoms with Gasteiger partial charge in [0, 0.05) is 21.4 Å². The molecule has 136 valence electrons. The van der Waals surface area contributed by atoms with E-state index in [0.29, 0.717) is 31.1 Å². The highest BCUT2D eigenvalue weighted by molar-refractivity contribution is 7.78. The fourth-order valence-corrected chi connectivity index (χ4v) is 6.70. The number of nitrogens with one attached hydrogen (secondary N) is 1. The van der Waals surface area contributed by atoms with Crippen LogP contribution in [0, 0.1) is 16.7 Å². The zero-order valence-electron chi connectivity index (χ0n) is 14.9. The third-order valence-electron chi connectivity index (χ3n) is 5.65. The Morgan fingerprint density at radius 1 is 1.38 bits per heavy atom. The summed E-state index contributed by atoms with van der Waals surface area (Å²) in [6.07, 6.45) is 0.337. The maximum Gasteiger partial charge on any atom is 0.250 e. The summed E-state index contributed by atoms with van der Waals surface area (Å²) in [4.78, 5) is 27.1. The number of hydrogen-bond donors (Lipinski definition) is 1. The van der Waals surface area contributed by atoms with E-state index in [1.54, 1.807) is 18.0 Å². The highest BCUT2D eigenvalue weighted by Crippen LogP contribution is 2.74. The molecule has 0 saturated carbocycles. The van der Waals surface area contributed by atoms with Gasteiger partial charge in [0.15, 0.2) is 16.8 Å². The van der Waals surface area contributed by atoms with Crippen molar-refractivity contribution < 1.29 is 19.1 Å². The van der Waals surface area contributed by atoms with Crippen molar-refractivity contribution in [3.05, 3.63) is 23.8 Å². The summed E-state index contributed by atoms with van der Waals surface area (Å²) in [7, 11) is 0.400. The largest absolute Gasteiger partial charge is 0.486 e. The third-order valence-corrected chi connectivity index (χ3v) is 8.13. The van der Waals surface area contributed by atoms with Crippen molar-refractivity contribution >= 4 is 19.5 Å². The van der Waals surface area contributed by atoms with E-state index >= 15 is 0 Å². The summed E-state index contributed by atoms with van der Waals surface area (Å²) in [5, 5.41) is 11.7. The Morgan fingerprint density at radius 2 is 2.08 bits per heavy atom. The number of hydrogen-bond acceptors (Lipinski definition) is 5. The lowest BCUT2D eigenvalue weighted by atomic mass is 9.79. The zero-order chi connectivity index (χ0) is 18.7. The average molecular weight is 373 g/mol. The van der Waals surface area contributed by atoms with Gasteiger partial charge in [-0.25, -0.2) is 0 Å². The van der Waals surface area contributed by atoms with E-state index in [0.717, 1.165) is 5.56 Å². The van der Waals surface area contributed by atoms with Gasteiger partial charge in [0.25, 0.3) is 5.91 Å². The molecule has 7 nitrogen and oxygen atoms in total. The van der Waals surface area contributed by atoms with Crippen LogP contribution in [0.3, 0.4) is 0 Å². The van der Waals surface area contributed by atoms with Gasteiger partial charge in [0.2, 0.25) is 5.65 Å². The number of nitriles is 1. The fourth-order valence-electron chi connectivity index (χ4n) is 4.41. The second-order valence-electron chi connectivity index (χ2n) is 7.12. The van der Waals surface area contributed by atoms with E-state index in [-0.39, 0.29) is 11.6 Å². The highest BCUT2D eigenvalue weighted by atomic mass is 31.1. The highest BCUT2D eigenvalue weighted by Gasteiger charge is 2.73. The van der Waals surface area contributed by atoms with E-state index in [1.807, 2.05) is 25.7 Å². The fraction of sp³-hybridized carbons (Fsp3) is 0.500. The molecule has 1 aromatic carbocycles. The summed E-state index contributed by atoms with van der Waals surface area (Å²) >= 11 is 0. The van der Waals surface area contributed by atoms with Crippen molar-refractivity contribution in [2.75, 3.05) is 26.9 Å². The lowest BCUT2D eigenvalue weighted by Gasteiger charge is -2.52. The minimum absolute atomic E-state index is 0.0394. The molecule has 3 aliphatic heterocycles. The first-order valence-corrected chi connectivity index (χ1v) is 10.3. The molecule has 1 aromatic rings. The number of rotatable bonds is 2.